The number of carbonyl (C=O) groups is 1. The van der Waals surface area contributed by atoms with Crippen LogP contribution in [0.1, 0.15) is 12.8 Å². The average molecular weight is 253 g/mol. The number of alkyl halides is 1. The van der Waals surface area contributed by atoms with Crippen LogP contribution in [0, 0.1) is 5.92 Å². The van der Waals surface area contributed by atoms with Gasteiger partial charge in [-0.2, -0.15) is 0 Å². The fourth-order valence-corrected chi connectivity index (χ4v) is 2.08. The van der Waals surface area contributed by atoms with Crippen molar-refractivity contribution in [2.75, 3.05) is 18.0 Å². The van der Waals surface area contributed by atoms with Crippen molar-refractivity contribution in [3.8, 4) is 0 Å². The van der Waals surface area contributed by atoms with Crippen LogP contribution in [-0.2, 0) is 4.79 Å². The highest BCUT2D eigenvalue weighted by Crippen LogP contribution is 2.18. The zero-order valence-corrected chi connectivity index (χ0v) is 8.30. The molecule has 0 spiro atoms. The lowest BCUT2D eigenvalue weighted by Gasteiger charge is -2.27. The quantitative estimate of drug-likeness (QED) is 0.509. The van der Waals surface area contributed by atoms with Crippen LogP contribution < -0.4 is 0 Å². The summed E-state index contributed by atoms with van der Waals surface area (Å²) in [4.78, 5) is 13.1. The predicted molar refractivity (Wildman–Crippen MR) is 49.2 cm³/mol. The van der Waals surface area contributed by atoms with Crippen LogP contribution in [0.15, 0.2) is 0 Å². The van der Waals surface area contributed by atoms with Gasteiger partial charge in [-0.25, -0.2) is 0 Å². The molecule has 1 saturated heterocycles. The van der Waals surface area contributed by atoms with Crippen LogP contribution >= 0.6 is 22.6 Å². The molecule has 2 nitrogen and oxygen atoms in total. The second kappa shape index (κ2) is 3.55. The second-order valence-corrected chi connectivity index (χ2v) is 3.63. The van der Waals surface area contributed by atoms with Crippen molar-refractivity contribution in [2.45, 2.75) is 12.8 Å². The molecule has 1 rings (SSSR count). The van der Waals surface area contributed by atoms with E-state index in [1.54, 1.807) is 0 Å². The number of carbonyl (C=O) groups excluding carboxylic acids is 1. The van der Waals surface area contributed by atoms with E-state index in [9.17, 15) is 4.79 Å². The first-order chi connectivity index (χ1) is 4.75. The molecule has 1 unspecified atom stereocenters. The normalized spacial score (nSPS) is 27.2. The maximum absolute atomic E-state index is 11.3. The molecule has 1 atom stereocenters. The topological polar surface area (TPSA) is 20.3 Å². The number of piperidine rings is 1. The lowest BCUT2D eigenvalue weighted by atomic mass is 10.00. The summed E-state index contributed by atoms with van der Waals surface area (Å²) in [5.74, 6) is 0.639. The van der Waals surface area contributed by atoms with Gasteiger partial charge >= 0.3 is 0 Å². The SMILES string of the molecule is CN1CCCC(CI)C1=O. The molecule has 1 aliphatic heterocycles. The van der Waals surface area contributed by atoms with Crippen molar-refractivity contribution >= 4 is 28.5 Å². The Hall–Kier alpha value is 0.200. The van der Waals surface area contributed by atoms with E-state index in [-0.39, 0.29) is 0 Å². The lowest BCUT2D eigenvalue weighted by Crippen LogP contribution is -2.38. The summed E-state index contributed by atoms with van der Waals surface area (Å²) < 4.78 is 0.973. The molecule has 1 aliphatic rings. The monoisotopic (exact) mass is 253 g/mol. The van der Waals surface area contributed by atoms with Gasteiger partial charge in [0.1, 0.15) is 0 Å². The van der Waals surface area contributed by atoms with Crippen molar-refractivity contribution in [2.24, 2.45) is 5.92 Å². The molecular weight excluding hydrogens is 241 g/mol. The minimum absolute atomic E-state index is 0.305. The first-order valence-corrected chi connectivity index (χ1v) is 5.09. The minimum Gasteiger partial charge on any atom is -0.345 e. The minimum atomic E-state index is 0.305. The highest BCUT2D eigenvalue weighted by molar-refractivity contribution is 14.1. The highest BCUT2D eigenvalue weighted by Gasteiger charge is 2.24. The number of amides is 1. The van der Waals surface area contributed by atoms with Crippen LogP contribution in [0.5, 0.6) is 0 Å². The van der Waals surface area contributed by atoms with Crippen LogP contribution in [-0.4, -0.2) is 28.8 Å². The summed E-state index contributed by atoms with van der Waals surface area (Å²) in [6, 6.07) is 0. The van der Waals surface area contributed by atoms with Crippen LogP contribution in [0.25, 0.3) is 0 Å². The average Bonchev–Trinajstić information content (AvgIpc) is 1.95. The van der Waals surface area contributed by atoms with E-state index in [4.69, 9.17) is 0 Å². The van der Waals surface area contributed by atoms with Crippen molar-refractivity contribution in [3.05, 3.63) is 0 Å². The number of nitrogens with zero attached hydrogens (tertiary/aromatic N) is 1. The zero-order valence-electron chi connectivity index (χ0n) is 6.14. The Balaban J connectivity index is 2.51. The third kappa shape index (κ3) is 1.62. The summed E-state index contributed by atoms with van der Waals surface area (Å²) in [5.41, 5.74) is 0. The molecule has 0 aromatic heterocycles. The molecule has 1 heterocycles. The maximum atomic E-state index is 11.3. The Kier molecular flexibility index (Phi) is 2.95. The van der Waals surface area contributed by atoms with Crippen LogP contribution in [0.3, 0.4) is 0 Å². The van der Waals surface area contributed by atoms with E-state index in [1.165, 1.54) is 6.42 Å². The predicted octanol–water partition coefficient (Wildman–Crippen LogP) is 1.29. The molecular formula is C7H12INO. The first-order valence-electron chi connectivity index (χ1n) is 3.56. The van der Waals surface area contributed by atoms with Gasteiger partial charge in [-0.15, -0.1) is 0 Å². The number of likely N-dealkylation sites (tertiary alicyclic amines) is 1. The molecule has 0 bridgehead atoms. The molecule has 0 aromatic carbocycles. The first kappa shape index (κ1) is 8.30. The van der Waals surface area contributed by atoms with Gasteiger partial charge in [0.15, 0.2) is 0 Å². The third-order valence-corrected chi connectivity index (χ3v) is 3.02. The molecule has 58 valence electrons. The van der Waals surface area contributed by atoms with E-state index in [0.29, 0.717) is 11.8 Å². The fraction of sp³-hybridized carbons (Fsp3) is 0.857. The molecule has 0 N–H and O–H groups in total. The summed E-state index contributed by atoms with van der Waals surface area (Å²) in [5, 5.41) is 0. The summed E-state index contributed by atoms with van der Waals surface area (Å²) in [7, 11) is 1.89. The van der Waals surface area contributed by atoms with Gasteiger partial charge in [0, 0.05) is 23.9 Å². The van der Waals surface area contributed by atoms with Crippen molar-refractivity contribution in [1.29, 1.82) is 0 Å². The summed E-state index contributed by atoms with van der Waals surface area (Å²) in [6.07, 6.45) is 2.27. The fourth-order valence-electron chi connectivity index (χ4n) is 1.26. The van der Waals surface area contributed by atoms with Gasteiger partial charge in [-0.05, 0) is 12.8 Å². The van der Waals surface area contributed by atoms with Gasteiger partial charge in [-0.1, -0.05) is 22.6 Å². The molecule has 0 saturated carbocycles. The van der Waals surface area contributed by atoms with Crippen molar-refractivity contribution in [3.63, 3.8) is 0 Å². The third-order valence-electron chi connectivity index (χ3n) is 1.96. The smallest absolute Gasteiger partial charge is 0.226 e. The Morgan fingerprint density at radius 2 is 2.50 bits per heavy atom. The Morgan fingerprint density at radius 1 is 1.80 bits per heavy atom. The summed E-state index contributed by atoms with van der Waals surface area (Å²) in [6.45, 7) is 0.950. The molecule has 0 aliphatic carbocycles. The Labute approximate surface area is 75.1 Å². The molecule has 0 aromatic rings. The standard InChI is InChI=1S/C7H12INO/c1-9-4-2-3-6(5-8)7(9)10/h6H,2-5H2,1H3. The van der Waals surface area contributed by atoms with Gasteiger partial charge in [-0.3, -0.25) is 4.79 Å². The van der Waals surface area contributed by atoms with E-state index < -0.39 is 0 Å². The van der Waals surface area contributed by atoms with E-state index in [1.807, 2.05) is 11.9 Å². The number of rotatable bonds is 1. The van der Waals surface area contributed by atoms with Crippen molar-refractivity contribution < 1.29 is 4.79 Å². The van der Waals surface area contributed by atoms with E-state index >= 15 is 0 Å². The number of hydrogen-bond donors (Lipinski definition) is 0. The van der Waals surface area contributed by atoms with Gasteiger partial charge in [0.25, 0.3) is 0 Å². The molecule has 1 fully saturated rings. The van der Waals surface area contributed by atoms with E-state index in [0.717, 1.165) is 17.4 Å². The molecule has 0 radical (unpaired) electrons. The van der Waals surface area contributed by atoms with Crippen molar-refractivity contribution in [1.82, 2.24) is 4.90 Å². The molecule has 3 heteroatoms. The molecule has 1 amide bonds. The van der Waals surface area contributed by atoms with Gasteiger partial charge < -0.3 is 4.90 Å². The number of hydrogen-bond acceptors (Lipinski definition) is 1. The highest BCUT2D eigenvalue weighted by atomic mass is 127. The molecule has 10 heavy (non-hydrogen) atoms. The van der Waals surface area contributed by atoms with Crippen LogP contribution in [0.2, 0.25) is 0 Å². The lowest BCUT2D eigenvalue weighted by molar-refractivity contribution is -0.135. The van der Waals surface area contributed by atoms with Gasteiger partial charge in [0.2, 0.25) is 5.91 Å². The van der Waals surface area contributed by atoms with Crippen LogP contribution in [0.4, 0.5) is 0 Å². The maximum Gasteiger partial charge on any atom is 0.226 e. The van der Waals surface area contributed by atoms with Gasteiger partial charge in [0.05, 0.1) is 0 Å². The summed E-state index contributed by atoms with van der Waals surface area (Å²) >= 11 is 2.28. The Bertz CT molecular complexity index is 138. The zero-order chi connectivity index (χ0) is 7.56. The Morgan fingerprint density at radius 3 is 3.00 bits per heavy atom. The van der Waals surface area contributed by atoms with E-state index in [2.05, 4.69) is 22.6 Å². The largest absolute Gasteiger partial charge is 0.345 e. The number of halogens is 1. The second-order valence-electron chi connectivity index (χ2n) is 2.75.